The lowest BCUT2D eigenvalue weighted by Gasteiger charge is -2.25. The number of hydrogen-bond donors (Lipinski definition) is 5. The predicted molar refractivity (Wildman–Crippen MR) is 172 cm³/mol. The van der Waals surface area contributed by atoms with Crippen LogP contribution in [0.2, 0.25) is 0 Å². The van der Waals surface area contributed by atoms with Crippen LogP contribution in [0.5, 0.6) is 0 Å². The highest BCUT2D eigenvalue weighted by Gasteiger charge is 2.25. The van der Waals surface area contributed by atoms with E-state index in [0.717, 1.165) is 16.6 Å². The number of ether oxygens (including phenoxy) is 1. The number of amides is 4. The van der Waals surface area contributed by atoms with E-state index >= 15 is 0 Å². The number of likely N-dealkylation sites (N-methyl/N-ethyl adjacent to an activating group) is 2. The Morgan fingerprint density at radius 3 is 2.00 bits per heavy atom. The summed E-state index contributed by atoms with van der Waals surface area (Å²) in [7, 11) is 12.0. The summed E-state index contributed by atoms with van der Waals surface area (Å²) in [5, 5.41) is 10.8. The third-order valence-corrected chi connectivity index (χ3v) is 7.42. The van der Waals surface area contributed by atoms with Crippen molar-refractivity contribution in [3.8, 4) is 0 Å². The van der Waals surface area contributed by atoms with Gasteiger partial charge in [0.1, 0.15) is 12.6 Å². The van der Waals surface area contributed by atoms with E-state index in [9.17, 15) is 24.0 Å². The number of nitrogens with zero attached hydrogens (tertiary/aromatic N) is 2. The fraction of sp³-hybridized carbons (Fsp3) is 0.621. The molecule has 0 saturated heterocycles. The third-order valence-electron chi connectivity index (χ3n) is 6.28. The van der Waals surface area contributed by atoms with Gasteiger partial charge in [-0.25, -0.2) is 4.79 Å². The molecule has 242 valence electrons. The highest BCUT2D eigenvalue weighted by molar-refractivity contribution is 9.10. The van der Waals surface area contributed by atoms with Crippen molar-refractivity contribution >= 4 is 58.2 Å². The Kier molecular flexibility index (Phi) is 16.8. The van der Waals surface area contributed by atoms with Crippen LogP contribution < -0.4 is 21.3 Å². The first-order chi connectivity index (χ1) is 20.0. The van der Waals surface area contributed by atoms with Crippen molar-refractivity contribution in [3.63, 3.8) is 0 Å². The van der Waals surface area contributed by atoms with Crippen molar-refractivity contribution in [2.45, 2.75) is 44.4 Å². The molecule has 43 heavy (non-hydrogen) atoms. The second kappa shape index (κ2) is 18.9. The number of halogens is 1. The van der Waals surface area contributed by atoms with E-state index in [4.69, 9.17) is 4.74 Å². The van der Waals surface area contributed by atoms with E-state index in [1.54, 1.807) is 6.07 Å². The average Bonchev–Trinajstić information content (AvgIpc) is 2.90. The molecule has 0 spiro atoms. The highest BCUT2D eigenvalue weighted by Crippen LogP contribution is 2.16. The fourth-order valence-electron chi connectivity index (χ4n) is 3.65. The van der Waals surface area contributed by atoms with Gasteiger partial charge in [-0.2, -0.15) is 12.6 Å². The Morgan fingerprint density at radius 1 is 0.814 bits per heavy atom. The number of nitrogens with one attached hydrogen (secondary N) is 4. The molecular formula is C29H49BrN6O6S+2. The summed E-state index contributed by atoms with van der Waals surface area (Å²) >= 11 is 7.59. The van der Waals surface area contributed by atoms with E-state index in [1.807, 2.05) is 60.5 Å². The lowest BCUT2D eigenvalue weighted by atomic mass is 10.1. The number of carbonyl (C=O) groups is 5. The van der Waals surface area contributed by atoms with Gasteiger partial charge >= 0.3 is 6.09 Å². The highest BCUT2D eigenvalue weighted by atomic mass is 79.9. The molecule has 0 radical (unpaired) electrons. The molecule has 0 aliphatic heterocycles. The molecule has 2 atom stereocenters. The molecule has 0 fully saturated rings. The Labute approximate surface area is 269 Å². The van der Waals surface area contributed by atoms with Gasteiger partial charge in [0, 0.05) is 35.1 Å². The minimum atomic E-state index is -1.04. The van der Waals surface area contributed by atoms with Crippen LogP contribution in [0.25, 0.3) is 0 Å². The summed E-state index contributed by atoms with van der Waals surface area (Å²) in [6, 6.07) is 5.36. The molecule has 0 aliphatic carbocycles. The number of hydrogen-bond acceptors (Lipinski definition) is 7. The number of ketones is 1. The summed E-state index contributed by atoms with van der Waals surface area (Å²) in [5.41, 5.74) is 0.755. The Balaban J connectivity index is 2.68. The molecule has 1 aromatic carbocycles. The summed E-state index contributed by atoms with van der Waals surface area (Å²) in [4.78, 5) is 63.0. The second-order valence-electron chi connectivity index (χ2n) is 12.3. The molecule has 4 N–H and O–H groups in total. The molecular weight excluding hydrogens is 640 g/mol. The summed E-state index contributed by atoms with van der Waals surface area (Å²) in [6.45, 7) is 2.27. The lowest BCUT2D eigenvalue weighted by Crippen LogP contribution is -2.50. The number of alkyl carbamates (subject to hydrolysis) is 1. The van der Waals surface area contributed by atoms with Crippen molar-refractivity contribution < 1.29 is 37.7 Å². The molecule has 4 amide bonds. The van der Waals surface area contributed by atoms with Crippen LogP contribution in [0.3, 0.4) is 0 Å². The molecule has 0 aliphatic rings. The molecule has 1 rings (SSSR count). The first-order valence-corrected chi connectivity index (χ1v) is 15.7. The van der Waals surface area contributed by atoms with Gasteiger partial charge in [0.25, 0.3) is 0 Å². The third kappa shape index (κ3) is 17.9. The molecule has 0 heterocycles. The normalized spacial score (nSPS) is 12.9. The minimum Gasteiger partial charge on any atom is -0.445 e. The standard InChI is InChI=1S/C29H47BrN6O6S/c1-35(2,3)17-15-31-26(38)14-12-25(37)24(20-43)33-27(39)13-11-23(28(40)32-16-18-36(4,5)6)34-29(41)42-19-21-9-7-8-10-22(21)30/h7-10,23-24H,11-20H2,1-6H3,(H3-2,31,32,33,34,38,39,40,41,43)/p+2/t23-,24-/m0/s1. The Bertz CT molecular complexity index is 1090. The van der Waals surface area contributed by atoms with Gasteiger partial charge in [-0.1, -0.05) is 34.1 Å². The van der Waals surface area contributed by atoms with Crippen molar-refractivity contribution in [3.05, 3.63) is 34.3 Å². The van der Waals surface area contributed by atoms with Crippen LogP contribution in [0.1, 0.15) is 31.2 Å². The Hall–Kier alpha value is -2.68. The monoisotopic (exact) mass is 688 g/mol. The van der Waals surface area contributed by atoms with Crippen LogP contribution in [-0.2, 0) is 30.5 Å². The van der Waals surface area contributed by atoms with Crippen molar-refractivity contribution in [2.75, 3.05) is 74.2 Å². The SMILES string of the molecule is C[N+](C)(C)CCNC(=O)CCC(=O)[C@H](CS)NC(=O)CC[C@H](NC(=O)OCc1ccccc1Br)C(=O)NCC[N+](C)(C)C. The second-order valence-corrected chi connectivity index (χ2v) is 13.6. The van der Waals surface area contributed by atoms with Gasteiger partial charge in [0.2, 0.25) is 17.7 Å². The largest absolute Gasteiger partial charge is 0.445 e. The van der Waals surface area contributed by atoms with E-state index in [0.29, 0.717) is 28.6 Å². The number of quaternary nitrogens is 2. The maximum absolute atomic E-state index is 12.9. The number of Topliss-reactive ketones (excluding diaryl/α,β-unsaturated/α-hetero) is 1. The van der Waals surface area contributed by atoms with E-state index < -0.39 is 30.0 Å². The quantitative estimate of drug-likeness (QED) is 0.109. The topological polar surface area (TPSA) is 143 Å². The summed E-state index contributed by atoms with van der Waals surface area (Å²) in [5.74, 6) is -1.41. The fourth-order valence-corrected chi connectivity index (χ4v) is 4.34. The smallest absolute Gasteiger partial charge is 0.408 e. The maximum Gasteiger partial charge on any atom is 0.408 e. The van der Waals surface area contributed by atoms with Crippen LogP contribution >= 0.6 is 28.6 Å². The lowest BCUT2D eigenvalue weighted by molar-refractivity contribution is -0.869. The number of rotatable bonds is 19. The van der Waals surface area contributed by atoms with Crippen molar-refractivity contribution in [1.82, 2.24) is 21.3 Å². The van der Waals surface area contributed by atoms with E-state index in [2.05, 4.69) is 49.8 Å². The summed E-state index contributed by atoms with van der Waals surface area (Å²) in [6.07, 6.45) is -0.984. The number of thiol groups is 1. The zero-order valence-corrected chi connectivity index (χ0v) is 28.7. The zero-order chi connectivity index (χ0) is 32.6. The van der Waals surface area contributed by atoms with Crippen molar-refractivity contribution in [2.24, 2.45) is 0 Å². The zero-order valence-electron chi connectivity index (χ0n) is 26.2. The van der Waals surface area contributed by atoms with Gasteiger partial charge in [0.15, 0.2) is 5.78 Å². The van der Waals surface area contributed by atoms with E-state index in [-0.39, 0.29) is 49.7 Å². The molecule has 0 unspecified atom stereocenters. The van der Waals surface area contributed by atoms with Crippen LogP contribution in [0, 0.1) is 0 Å². The number of carbonyl (C=O) groups excluding carboxylic acids is 5. The summed E-state index contributed by atoms with van der Waals surface area (Å²) < 4.78 is 7.42. The predicted octanol–water partition coefficient (Wildman–Crippen LogP) is 1.23. The molecule has 12 nitrogen and oxygen atoms in total. The minimum absolute atomic E-state index is 0.0108. The molecule has 1 aromatic rings. The van der Waals surface area contributed by atoms with Gasteiger partial charge in [-0.05, 0) is 12.5 Å². The maximum atomic E-state index is 12.9. The Morgan fingerprint density at radius 2 is 1.42 bits per heavy atom. The van der Waals surface area contributed by atoms with Crippen LogP contribution in [-0.4, -0.2) is 125 Å². The van der Waals surface area contributed by atoms with Crippen LogP contribution in [0.4, 0.5) is 4.79 Å². The van der Waals surface area contributed by atoms with Gasteiger partial charge in [0.05, 0.1) is 74.5 Å². The average molecular weight is 690 g/mol. The van der Waals surface area contributed by atoms with Crippen molar-refractivity contribution in [1.29, 1.82) is 0 Å². The van der Waals surface area contributed by atoms with Gasteiger partial charge < -0.3 is 35.0 Å². The van der Waals surface area contributed by atoms with E-state index in [1.165, 1.54) is 0 Å². The number of benzene rings is 1. The molecule has 0 bridgehead atoms. The molecule has 14 heteroatoms. The van der Waals surface area contributed by atoms with Gasteiger partial charge in [-0.3, -0.25) is 19.2 Å². The van der Waals surface area contributed by atoms with Gasteiger partial charge in [-0.15, -0.1) is 0 Å². The molecule has 0 saturated carbocycles. The van der Waals surface area contributed by atoms with Crippen LogP contribution in [0.15, 0.2) is 28.7 Å². The first kappa shape index (κ1) is 38.3. The first-order valence-electron chi connectivity index (χ1n) is 14.3. The molecule has 0 aromatic heterocycles.